The molecule has 0 aromatic heterocycles. The van der Waals surface area contributed by atoms with Gasteiger partial charge in [-0.15, -0.1) is 0 Å². The predicted octanol–water partition coefficient (Wildman–Crippen LogP) is 2.65. The Balaban J connectivity index is 1.50. The molecule has 3 rings (SSSR count). The van der Waals surface area contributed by atoms with Crippen LogP contribution in [0, 0.1) is 17.2 Å². The molecule has 2 atom stereocenters. The van der Waals surface area contributed by atoms with Crippen molar-refractivity contribution in [1.29, 1.82) is 0 Å². The second kappa shape index (κ2) is 6.37. The van der Waals surface area contributed by atoms with Gasteiger partial charge in [0, 0.05) is 18.5 Å². The molecular weight excluding hydrogens is 279 g/mol. The number of nitrogens with one attached hydrogen (secondary N) is 2. The van der Waals surface area contributed by atoms with Crippen molar-refractivity contribution in [3.8, 4) is 0 Å². The largest absolute Gasteiger partial charge is 0.355 e. The van der Waals surface area contributed by atoms with Crippen molar-refractivity contribution < 1.29 is 9.18 Å². The number of piperidine rings is 1. The van der Waals surface area contributed by atoms with Crippen LogP contribution < -0.4 is 10.6 Å². The molecule has 1 heterocycles. The molecular formula is C18H25FN2O. The predicted molar refractivity (Wildman–Crippen MR) is 85.0 cm³/mol. The summed E-state index contributed by atoms with van der Waals surface area (Å²) in [6.45, 7) is 3.82. The van der Waals surface area contributed by atoms with E-state index in [4.69, 9.17) is 0 Å². The second-order valence-electron chi connectivity index (χ2n) is 7.10. The first-order chi connectivity index (χ1) is 10.6. The molecule has 1 saturated carbocycles. The molecule has 0 radical (unpaired) electrons. The smallest absolute Gasteiger partial charge is 0.223 e. The summed E-state index contributed by atoms with van der Waals surface area (Å²) in [7, 11) is 0. The Kier molecular flexibility index (Phi) is 4.48. The van der Waals surface area contributed by atoms with Gasteiger partial charge in [0.25, 0.3) is 0 Å². The van der Waals surface area contributed by atoms with Crippen LogP contribution in [0.3, 0.4) is 0 Å². The van der Waals surface area contributed by atoms with Crippen molar-refractivity contribution >= 4 is 5.91 Å². The van der Waals surface area contributed by atoms with E-state index >= 15 is 0 Å². The molecule has 22 heavy (non-hydrogen) atoms. The molecule has 1 aromatic rings. The van der Waals surface area contributed by atoms with Crippen molar-refractivity contribution in [2.75, 3.05) is 13.1 Å². The third-order valence-corrected chi connectivity index (χ3v) is 5.08. The molecule has 120 valence electrons. The molecule has 3 nitrogen and oxygen atoms in total. The highest BCUT2D eigenvalue weighted by atomic mass is 19.1. The summed E-state index contributed by atoms with van der Waals surface area (Å²) in [4.78, 5) is 12.3. The topological polar surface area (TPSA) is 41.1 Å². The van der Waals surface area contributed by atoms with Gasteiger partial charge in [0.15, 0.2) is 0 Å². The van der Waals surface area contributed by atoms with Gasteiger partial charge in [-0.3, -0.25) is 4.79 Å². The lowest BCUT2D eigenvalue weighted by molar-refractivity contribution is -0.126. The molecule has 2 N–H and O–H groups in total. The molecule has 4 heteroatoms. The summed E-state index contributed by atoms with van der Waals surface area (Å²) in [6, 6.07) is 7.16. The van der Waals surface area contributed by atoms with Gasteiger partial charge in [-0.05, 0) is 68.7 Å². The highest BCUT2D eigenvalue weighted by Gasteiger charge is 2.43. The van der Waals surface area contributed by atoms with E-state index < -0.39 is 0 Å². The Morgan fingerprint density at radius 1 is 1.36 bits per heavy atom. The second-order valence-corrected chi connectivity index (χ2v) is 7.10. The van der Waals surface area contributed by atoms with Crippen LogP contribution in [0.2, 0.25) is 0 Å². The maximum atomic E-state index is 13.0. The Morgan fingerprint density at radius 3 is 2.73 bits per heavy atom. The van der Waals surface area contributed by atoms with Gasteiger partial charge in [0.1, 0.15) is 5.82 Å². The fourth-order valence-corrected chi connectivity index (χ4v) is 3.42. The van der Waals surface area contributed by atoms with Gasteiger partial charge in [-0.2, -0.15) is 0 Å². The lowest BCUT2D eigenvalue weighted by atomic mass is 9.91. The normalized spacial score (nSPS) is 26.5. The van der Waals surface area contributed by atoms with Crippen molar-refractivity contribution in [2.24, 2.45) is 11.3 Å². The number of amides is 1. The van der Waals surface area contributed by atoms with Crippen LogP contribution in [0.25, 0.3) is 0 Å². The highest BCUT2D eigenvalue weighted by Crippen LogP contribution is 2.47. The summed E-state index contributed by atoms with van der Waals surface area (Å²) < 4.78 is 13.0. The molecule has 2 fully saturated rings. The summed E-state index contributed by atoms with van der Waals surface area (Å²) in [6.07, 6.45) is 5.08. The minimum absolute atomic E-state index is 0.151. The van der Waals surface area contributed by atoms with Crippen molar-refractivity contribution in [2.45, 2.75) is 45.1 Å². The fourth-order valence-electron chi connectivity index (χ4n) is 3.42. The number of carbonyl (C=O) groups is 1. The summed E-state index contributed by atoms with van der Waals surface area (Å²) in [5.41, 5.74) is 1.36. The molecule has 0 bridgehead atoms. The number of carbonyl (C=O) groups excluding carboxylic acids is 1. The first kappa shape index (κ1) is 15.5. The molecule has 1 aliphatic heterocycles. The van der Waals surface area contributed by atoms with Gasteiger partial charge in [0.2, 0.25) is 5.91 Å². The molecule has 1 amide bonds. The van der Waals surface area contributed by atoms with Gasteiger partial charge in [-0.25, -0.2) is 4.39 Å². The summed E-state index contributed by atoms with van der Waals surface area (Å²) in [5.74, 6) is 0.165. The Labute approximate surface area is 131 Å². The van der Waals surface area contributed by atoms with E-state index in [1.54, 1.807) is 0 Å². The van der Waals surface area contributed by atoms with Gasteiger partial charge in [-0.1, -0.05) is 12.1 Å². The van der Waals surface area contributed by atoms with Crippen molar-refractivity contribution in [1.82, 2.24) is 10.6 Å². The molecule has 1 aromatic carbocycles. The fraction of sp³-hybridized carbons (Fsp3) is 0.611. The van der Waals surface area contributed by atoms with Crippen molar-refractivity contribution in [3.63, 3.8) is 0 Å². The first-order valence-electron chi connectivity index (χ1n) is 8.32. The maximum Gasteiger partial charge on any atom is 0.223 e. The van der Waals surface area contributed by atoms with E-state index in [1.807, 2.05) is 12.1 Å². The molecule has 2 aliphatic rings. The zero-order valence-electron chi connectivity index (χ0n) is 13.2. The molecule has 0 unspecified atom stereocenters. The van der Waals surface area contributed by atoms with Gasteiger partial charge in [0.05, 0.1) is 0 Å². The number of rotatable bonds is 5. The van der Waals surface area contributed by atoms with Crippen LogP contribution in [0.15, 0.2) is 24.3 Å². The summed E-state index contributed by atoms with van der Waals surface area (Å²) >= 11 is 0. The lowest BCUT2D eigenvalue weighted by Gasteiger charge is -2.28. The van der Waals surface area contributed by atoms with Crippen LogP contribution >= 0.6 is 0 Å². The number of hydrogen-bond donors (Lipinski definition) is 2. The van der Waals surface area contributed by atoms with Crippen LogP contribution in [0.1, 0.15) is 38.2 Å². The average molecular weight is 304 g/mol. The van der Waals surface area contributed by atoms with E-state index in [2.05, 4.69) is 17.6 Å². The quantitative estimate of drug-likeness (QED) is 0.878. The van der Waals surface area contributed by atoms with E-state index in [9.17, 15) is 9.18 Å². The zero-order chi connectivity index (χ0) is 15.6. The van der Waals surface area contributed by atoms with Crippen LogP contribution in [0.5, 0.6) is 0 Å². The Hall–Kier alpha value is -1.42. The highest BCUT2D eigenvalue weighted by molar-refractivity contribution is 5.78. The van der Waals surface area contributed by atoms with E-state index in [0.29, 0.717) is 6.04 Å². The Morgan fingerprint density at radius 2 is 2.09 bits per heavy atom. The van der Waals surface area contributed by atoms with Crippen LogP contribution in [-0.2, 0) is 11.2 Å². The SMILES string of the molecule is C[C@H]1C[C@@H](C(=O)NCC2(Cc3ccc(F)cc3)CC2)CCN1. The molecule has 1 aliphatic carbocycles. The third kappa shape index (κ3) is 3.86. The van der Waals surface area contributed by atoms with Gasteiger partial charge < -0.3 is 10.6 Å². The minimum atomic E-state index is -0.193. The van der Waals surface area contributed by atoms with Crippen LogP contribution in [-0.4, -0.2) is 25.0 Å². The van der Waals surface area contributed by atoms with Crippen molar-refractivity contribution in [3.05, 3.63) is 35.6 Å². The number of benzene rings is 1. The third-order valence-electron chi connectivity index (χ3n) is 5.08. The molecule has 1 saturated heterocycles. The summed E-state index contributed by atoms with van der Waals surface area (Å²) in [5, 5.41) is 6.54. The molecule has 0 spiro atoms. The van der Waals surface area contributed by atoms with E-state index in [-0.39, 0.29) is 23.1 Å². The van der Waals surface area contributed by atoms with Gasteiger partial charge >= 0.3 is 0 Å². The average Bonchev–Trinajstić information content (AvgIpc) is 3.27. The van der Waals surface area contributed by atoms with Crippen LogP contribution in [0.4, 0.5) is 4.39 Å². The lowest BCUT2D eigenvalue weighted by Crippen LogP contribution is -2.43. The van der Waals surface area contributed by atoms with E-state index in [0.717, 1.165) is 50.8 Å². The Bertz CT molecular complexity index is 524. The minimum Gasteiger partial charge on any atom is -0.355 e. The standard InChI is InChI=1S/C18H25FN2O/c1-13-10-15(6-9-20-13)17(22)21-12-18(7-8-18)11-14-2-4-16(19)5-3-14/h2-5,13,15,20H,6-12H2,1H3,(H,21,22)/t13-,15-/m0/s1. The monoisotopic (exact) mass is 304 g/mol. The number of halogens is 1. The first-order valence-corrected chi connectivity index (χ1v) is 8.32. The number of hydrogen-bond acceptors (Lipinski definition) is 2. The maximum absolute atomic E-state index is 13.0. The van der Waals surface area contributed by atoms with E-state index in [1.165, 1.54) is 12.1 Å². The zero-order valence-corrected chi connectivity index (χ0v) is 13.2.